The predicted molar refractivity (Wildman–Crippen MR) is 79.9 cm³/mol. The van der Waals surface area contributed by atoms with E-state index >= 15 is 0 Å². The number of benzene rings is 1. The highest BCUT2D eigenvalue weighted by Crippen LogP contribution is 2.18. The van der Waals surface area contributed by atoms with Crippen molar-refractivity contribution in [1.29, 1.82) is 0 Å². The van der Waals surface area contributed by atoms with E-state index in [-0.39, 0.29) is 18.5 Å². The Bertz CT molecular complexity index is 662. The smallest absolute Gasteiger partial charge is 0.325 e. The molecule has 1 aromatic heterocycles. The minimum Gasteiger partial charge on any atom is -0.468 e. The summed E-state index contributed by atoms with van der Waals surface area (Å²) in [5.74, 6) is -0.718. The number of methoxy groups -OCH3 is 1. The number of aromatic nitrogens is 1. The van der Waals surface area contributed by atoms with Gasteiger partial charge in [-0.15, -0.1) is 0 Å². The van der Waals surface area contributed by atoms with Crippen LogP contribution in [-0.4, -0.2) is 41.5 Å². The molecule has 0 aliphatic rings. The summed E-state index contributed by atoms with van der Waals surface area (Å²) in [6, 6.07) is 9.27. The average molecular weight is 286 g/mol. The van der Waals surface area contributed by atoms with Crippen LogP contribution in [-0.2, 0) is 9.53 Å². The molecule has 21 heavy (non-hydrogen) atoms. The normalized spacial score (nSPS) is 10.7. The molecule has 0 spiro atoms. The van der Waals surface area contributed by atoms with Crippen LogP contribution in [0, 0.1) is 0 Å². The molecular weight excluding hydrogens is 268 g/mol. The number of fused-ring (bicyclic) bond motifs is 1. The molecular formula is C16H18N2O3. The third kappa shape index (κ3) is 3.18. The number of pyridine rings is 1. The molecule has 0 aliphatic heterocycles. The van der Waals surface area contributed by atoms with E-state index in [0.29, 0.717) is 5.69 Å². The second kappa shape index (κ2) is 6.35. The van der Waals surface area contributed by atoms with Crippen molar-refractivity contribution in [2.45, 2.75) is 19.9 Å². The Balaban J connectivity index is 2.41. The van der Waals surface area contributed by atoms with E-state index in [4.69, 9.17) is 0 Å². The summed E-state index contributed by atoms with van der Waals surface area (Å²) in [7, 11) is 1.31. The van der Waals surface area contributed by atoms with Crippen molar-refractivity contribution in [2.24, 2.45) is 0 Å². The van der Waals surface area contributed by atoms with Crippen molar-refractivity contribution in [2.75, 3.05) is 13.7 Å². The first-order valence-electron chi connectivity index (χ1n) is 6.76. The molecule has 0 N–H and O–H groups in total. The Hall–Kier alpha value is -2.43. The van der Waals surface area contributed by atoms with Gasteiger partial charge in [-0.3, -0.25) is 14.6 Å². The van der Waals surface area contributed by atoms with E-state index in [1.807, 2.05) is 44.2 Å². The van der Waals surface area contributed by atoms with Crippen molar-refractivity contribution in [3.05, 3.63) is 42.2 Å². The molecule has 0 fully saturated rings. The van der Waals surface area contributed by atoms with Crippen molar-refractivity contribution < 1.29 is 14.3 Å². The topological polar surface area (TPSA) is 59.5 Å². The van der Waals surface area contributed by atoms with Crippen LogP contribution in [0.4, 0.5) is 0 Å². The van der Waals surface area contributed by atoms with Gasteiger partial charge in [-0.2, -0.15) is 0 Å². The van der Waals surface area contributed by atoms with Crippen LogP contribution >= 0.6 is 0 Å². The standard InChI is InChI=1S/C16H18N2O3/c1-11(2)18(10-14(19)21-3)16(20)15-13-7-5-4-6-12(13)8-9-17-15/h4-9,11H,10H2,1-3H3. The Kier molecular flexibility index (Phi) is 4.52. The van der Waals surface area contributed by atoms with Crippen molar-refractivity contribution in [1.82, 2.24) is 9.88 Å². The van der Waals surface area contributed by atoms with Crippen LogP contribution in [0.3, 0.4) is 0 Å². The van der Waals surface area contributed by atoms with Crippen LogP contribution in [0.1, 0.15) is 24.3 Å². The quantitative estimate of drug-likeness (QED) is 0.809. The van der Waals surface area contributed by atoms with Crippen LogP contribution in [0.5, 0.6) is 0 Å². The number of carbonyl (C=O) groups excluding carboxylic acids is 2. The molecule has 110 valence electrons. The lowest BCUT2D eigenvalue weighted by Crippen LogP contribution is -2.41. The zero-order valence-electron chi connectivity index (χ0n) is 12.4. The maximum absolute atomic E-state index is 12.7. The molecule has 2 aromatic rings. The highest BCUT2D eigenvalue weighted by molar-refractivity contribution is 6.05. The van der Waals surface area contributed by atoms with Crippen molar-refractivity contribution in [3.63, 3.8) is 0 Å². The predicted octanol–water partition coefficient (Wildman–Crippen LogP) is 2.26. The summed E-state index contributed by atoms with van der Waals surface area (Å²) in [4.78, 5) is 29.9. The summed E-state index contributed by atoms with van der Waals surface area (Å²) in [5.41, 5.74) is 0.353. The number of nitrogens with zero attached hydrogens (tertiary/aromatic N) is 2. The molecule has 0 saturated heterocycles. The van der Waals surface area contributed by atoms with Gasteiger partial charge in [0.25, 0.3) is 5.91 Å². The third-order valence-corrected chi connectivity index (χ3v) is 3.29. The summed E-state index contributed by atoms with van der Waals surface area (Å²) < 4.78 is 4.65. The van der Waals surface area contributed by atoms with Gasteiger partial charge in [0, 0.05) is 17.6 Å². The number of amides is 1. The van der Waals surface area contributed by atoms with Crippen LogP contribution < -0.4 is 0 Å². The fourth-order valence-electron chi connectivity index (χ4n) is 2.12. The number of esters is 1. The number of carbonyl (C=O) groups is 2. The first-order valence-corrected chi connectivity index (χ1v) is 6.76. The minimum absolute atomic E-state index is 0.0854. The van der Waals surface area contributed by atoms with Crippen LogP contribution in [0.25, 0.3) is 10.8 Å². The van der Waals surface area contributed by atoms with Crippen molar-refractivity contribution in [3.8, 4) is 0 Å². The highest BCUT2D eigenvalue weighted by atomic mass is 16.5. The van der Waals surface area contributed by atoms with E-state index < -0.39 is 5.97 Å². The van der Waals surface area contributed by atoms with Gasteiger partial charge >= 0.3 is 5.97 Å². The lowest BCUT2D eigenvalue weighted by molar-refractivity contribution is -0.141. The van der Waals surface area contributed by atoms with Gasteiger partial charge in [0.15, 0.2) is 0 Å². The number of rotatable bonds is 4. The first kappa shape index (κ1) is 15.0. The molecule has 0 saturated carbocycles. The molecule has 0 aliphatic carbocycles. The zero-order valence-corrected chi connectivity index (χ0v) is 12.4. The van der Waals surface area contributed by atoms with E-state index in [2.05, 4.69) is 9.72 Å². The lowest BCUT2D eigenvalue weighted by atomic mass is 10.1. The maximum atomic E-state index is 12.7. The van der Waals surface area contributed by atoms with E-state index in [1.54, 1.807) is 6.20 Å². The molecule has 2 rings (SSSR count). The molecule has 0 radical (unpaired) electrons. The molecule has 1 heterocycles. The zero-order chi connectivity index (χ0) is 15.4. The summed E-state index contributed by atoms with van der Waals surface area (Å²) in [5, 5.41) is 1.72. The Morgan fingerprint density at radius 2 is 1.95 bits per heavy atom. The second-order valence-electron chi connectivity index (χ2n) is 4.98. The molecule has 0 bridgehead atoms. The Morgan fingerprint density at radius 3 is 2.62 bits per heavy atom. The van der Waals surface area contributed by atoms with Gasteiger partial charge in [0.2, 0.25) is 0 Å². The van der Waals surface area contributed by atoms with E-state index in [9.17, 15) is 9.59 Å². The average Bonchev–Trinajstić information content (AvgIpc) is 2.50. The maximum Gasteiger partial charge on any atom is 0.325 e. The van der Waals surface area contributed by atoms with E-state index in [1.165, 1.54) is 12.0 Å². The summed E-state index contributed by atoms with van der Waals surface area (Å²) >= 11 is 0. The second-order valence-corrected chi connectivity index (χ2v) is 4.98. The SMILES string of the molecule is COC(=O)CN(C(=O)c1nccc2ccccc12)C(C)C. The number of ether oxygens (including phenoxy) is 1. The van der Waals surface area contributed by atoms with Crippen LogP contribution in [0.15, 0.2) is 36.5 Å². The minimum atomic E-state index is -0.447. The molecule has 0 unspecified atom stereocenters. The van der Waals surface area contributed by atoms with Gasteiger partial charge in [0.05, 0.1) is 7.11 Å². The van der Waals surface area contributed by atoms with Crippen molar-refractivity contribution >= 4 is 22.6 Å². The number of hydrogen-bond acceptors (Lipinski definition) is 4. The largest absolute Gasteiger partial charge is 0.468 e. The highest BCUT2D eigenvalue weighted by Gasteiger charge is 2.24. The monoisotopic (exact) mass is 286 g/mol. The van der Waals surface area contributed by atoms with Gasteiger partial charge in [-0.05, 0) is 25.3 Å². The lowest BCUT2D eigenvalue weighted by Gasteiger charge is -2.25. The Labute approximate surface area is 123 Å². The third-order valence-electron chi connectivity index (χ3n) is 3.29. The molecule has 5 nitrogen and oxygen atoms in total. The molecule has 5 heteroatoms. The molecule has 1 aromatic carbocycles. The Morgan fingerprint density at radius 1 is 1.24 bits per heavy atom. The molecule has 0 atom stereocenters. The summed E-state index contributed by atoms with van der Waals surface area (Å²) in [6.45, 7) is 3.62. The van der Waals surface area contributed by atoms with Gasteiger partial charge in [-0.25, -0.2) is 0 Å². The fraction of sp³-hybridized carbons (Fsp3) is 0.312. The first-order chi connectivity index (χ1) is 10.0. The summed E-state index contributed by atoms with van der Waals surface area (Å²) in [6.07, 6.45) is 1.60. The van der Waals surface area contributed by atoms with Gasteiger partial charge in [0.1, 0.15) is 12.2 Å². The number of hydrogen-bond donors (Lipinski definition) is 0. The molecule has 1 amide bonds. The fourth-order valence-corrected chi connectivity index (χ4v) is 2.12. The van der Waals surface area contributed by atoms with Gasteiger partial charge in [-0.1, -0.05) is 24.3 Å². The van der Waals surface area contributed by atoms with Gasteiger partial charge < -0.3 is 9.64 Å². The van der Waals surface area contributed by atoms with Crippen LogP contribution in [0.2, 0.25) is 0 Å². The van der Waals surface area contributed by atoms with E-state index in [0.717, 1.165) is 10.8 Å².